The number of likely N-dealkylation sites (N-methyl/N-ethyl adjacent to an activating group) is 1. The van der Waals surface area contributed by atoms with Gasteiger partial charge in [-0.2, -0.15) is 0 Å². The standard InChI is InChI=1S/C15H24BrNO2/c1-3-17(11-12-19-4-2)10-9-15(18)13-7-5-6-8-14(13)16/h5-8,15,18H,3-4,9-12H2,1-2H3. The molecule has 1 unspecified atom stereocenters. The van der Waals surface area contributed by atoms with Crippen LogP contribution < -0.4 is 0 Å². The molecule has 0 spiro atoms. The van der Waals surface area contributed by atoms with E-state index in [1.165, 1.54) is 0 Å². The van der Waals surface area contributed by atoms with Crippen molar-refractivity contribution in [2.45, 2.75) is 26.4 Å². The molecule has 1 aromatic rings. The average molecular weight is 330 g/mol. The molecule has 1 aromatic carbocycles. The van der Waals surface area contributed by atoms with Crippen molar-refractivity contribution >= 4 is 15.9 Å². The number of nitrogens with zero attached hydrogens (tertiary/aromatic N) is 1. The van der Waals surface area contributed by atoms with Crippen molar-refractivity contribution in [2.24, 2.45) is 0 Å². The fourth-order valence-electron chi connectivity index (χ4n) is 1.97. The zero-order valence-corrected chi connectivity index (χ0v) is 13.4. The molecule has 108 valence electrons. The number of hydrogen-bond acceptors (Lipinski definition) is 3. The van der Waals surface area contributed by atoms with E-state index in [-0.39, 0.29) is 0 Å². The first kappa shape index (κ1) is 16.6. The fraction of sp³-hybridized carbons (Fsp3) is 0.600. The Balaban J connectivity index is 2.39. The van der Waals surface area contributed by atoms with Crippen molar-refractivity contribution in [3.63, 3.8) is 0 Å². The molecule has 0 aliphatic carbocycles. The van der Waals surface area contributed by atoms with Crippen LogP contribution in [0, 0.1) is 0 Å². The van der Waals surface area contributed by atoms with Crippen molar-refractivity contribution in [1.29, 1.82) is 0 Å². The first-order valence-corrected chi connectivity index (χ1v) is 7.70. The zero-order valence-electron chi connectivity index (χ0n) is 11.8. The predicted molar refractivity (Wildman–Crippen MR) is 82.3 cm³/mol. The lowest BCUT2D eigenvalue weighted by atomic mass is 10.1. The van der Waals surface area contributed by atoms with Gasteiger partial charge >= 0.3 is 0 Å². The highest BCUT2D eigenvalue weighted by atomic mass is 79.9. The predicted octanol–water partition coefficient (Wildman–Crippen LogP) is 3.23. The minimum absolute atomic E-state index is 0.420. The molecule has 0 aliphatic heterocycles. The third kappa shape index (κ3) is 6.04. The Morgan fingerprint density at radius 3 is 2.63 bits per heavy atom. The van der Waals surface area contributed by atoms with Crippen LogP contribution in [0.3, 0.4) is 0 Å². The third-order valence-corrected chi connectivity index (χ3v) is 3.91. The van der Waals surface area contributed by atoms with Crippen LogP contribution in [-0.4, -0.2) is 42.9 Å². The lowest BCUT2D eigenvalue weighted by molar-refractivity contribution is 0.100. The van der Waals surface area contributed by atoms with Crippen LogP contribution in [0.25, 0.3) is 0 Å². The largest absolute Gasteiger partial charge is 0.388 e. The van der Waals surface area contributed by atoms with Gasteiger partial charge in [0.15, 0.2) is 0 Å². The zero-order chi connectivity index (χ0) is 14.1. The summed E-state index contributed by atoms with van der Waals surface area (Å²) in [5, 5.41) is 10.2. The maximum atomic E-state index is 10.2. The monoisotopic (exact) mass is 329 g/mol. The van der Waals surface area contributed by atoms with Gasteiger partial charge < -0.3 is 14.7 Å². The minimum Gasteiger partial charge on any atom is -0.388 e. The Bertz CT molecular complexity index is 360. The molecule has 0 aliphatic rings. The Labute approximate surface area is 124 Å². The smallest absolute Gasteiger partial charge is 0.0813 e. The molecule has 4 heteroatoms. The summed E-state index contributed by atoms with van der Waals surface area (Å²) >= 11 is 3.48. The Morgan fingerprint density at radius 1 is 1.26 bits per heavy atom. The molecule has 3 nitrogen and oxygen atoms in total. The molecule has 1 N–H and O–H groups in total. The SMILES string of the molecule is CCOCCN(CC)CCC(O)c1ccccc1Br. The molecule has 0 saturated heterocycles. The van der Waals surface area contributed by atoms with Gasteiger partial charge in [0, 0.05) is 24.2 Å². The van der Waals surface area contributed by atoms with E-state index in [1.807, 2.05) is 31.2 Å². The summed E-state index contributed by atoms with van der Waals surface area (Å²) in [4.78, 5) is 2.30. The lowest BCUT2D eigenvalue weighted by Gasteiger charge is -2.22. The molecular weight excluding hydrogens is 306 g/mol. The Hall–Kier alpha value is -0.420. The molecule has 0 radical (unpaired) electrons. The normalized spacial score (nSPS) is 12.9. The van der Waals surface area contributed by atoms with E-state index in [9.17, 15) is 5.11 Å². The molecule has 0 heterocycles. The number of rotatable bonds is 9. The van der Waals surface area contributed by atoms with Crippen LogP contribution in [0.15, 0.2) is 28.7 Å². The molecule has 1 rings (SSSR count). The second kappa shape index (κ2) is 9.48. The van der Waals surface area contributed by atoms with Gasteiger partial charge in [0.2, 0.25) is 0 Å². The number of benzene rings is 1. The van der Waals surface area contributed by atoms with E-state index in [0.29, 0.717) is 0 Å². The van der Waals surface area contributed by atoms with Gasteiger partial charge in [-0.05, 0) is 31.5 Å². The van der Waals surface area contributed by atoms with E-state index in [0.717, 1.165) is 49.3 Å². The van der Waals surface area contributed by atoms with Gasteiger partial charge in [0.05, 0.1) is 12.7 Å². The van der Waals surface area contributed by atoms with Gasteiger partial charge in [-0.1, -0.05) is 41.1 Å². The Kier molecular flexibility index (Phi) is 8.30. The van der Waals surface area contributed by atoms with Crippen molar-refractivity contribution in [3.8, 4) is 0 Å². The van der Waals surface area contributed by atoms with Crippen molar-refractivity contribution in [3.05, 3.63) is 34.3 Å². The number of aliphatic hydroxyl groups is 1. The molecular formula is C15H24BrNO2. The summed E-state index contributed by atoms with van der Waals surface area (Å²) in [5.41, 5.74) is 0.961. The fourth-order valence-corrected chi connectivity index (χ4v) is 2.52. The van der Waals surface area contributed by atoms with Crippen LogP contribution in [-0.2, 0) is 4.74 Å². The summed E-state index contributed by atoms with van der Waals surface area (Å²) < 4.78 is 6.34. The van der Waals surface area contributed by atoms with E-state index >= 15 is 0 Å². The van der Waals surface area contributed by atoms with E-state index in [4.69, 9.17) is 4.74 Å². The topological polar surface area (TPSA) is 32.7 Å². The molecule has 0 amide bonds. The minimum atomic E-state index is -0.420. The third-order valence-electron chi connectivity index (χ3n) is 3.19. The van der Waals surface area contributed by atoms with Crippen molar-refractivity contribution in [2.75, 3.05) is 32.8 Å². The average Bonchev–Trinajstić information content (AvgIpc) is 2.43. The molecule has 19 heavy (non-hydrogen) atoms. The number of aliphatic hydroxyl groups excluding tert-OH is 1. The molecule has 0 saturated carbocycles. The van der Waals surface area contributed by atoms with Gasteiger partial charge in [-0.15, -0.1) is 0 Å². The first-order valence-electron chi connectivity index (χ1n) is 6.91. The summed E-state index contributed by atoms with van der Waals surface area (Å²) in [5.74, 6) is 0. The maximum absolute atomic E-state index is 10.2. The van der Waals surface area contributed by atoms with Gasteiger partial charge in [0.1, 0.15) is 0 Å². The van der Waals surface area contributed by atoms with Crippen LogP contribution >= 0.6 is 15.9 Å². The second-order valence-corrected chi connectivity index (χ2v) is 5.31. The highest BCUT2D eigenvalue weighted by Crippen LogP contribution is 2.25. The van der Waals surface area contributed by atoms with Crippen molar-refractivity contribution < 1.29 is 9.84 Å². The van der Waals surface area contributed by atoms with Crippen molar-refractivity contribution in [1.82, 2.24) is 4.90 Å². The lowest BCUT2D eigenvalue weighted by Crippen LogP contribution is -2.29. The molecule has 0 fully saturated rings. The molecule has 1 atom stereocenters. The molecule has 0 bridgehead atoms. The number of ether oxygens (including phenoxy) is 1. The number of hydrogen-bond donors (Lipinski definition) is 1. The van der Waals surface area contributed by atoms with Crippen LogP contribution in [0.2, 0.25) is 0 Å². The van der Waals surface area contributed by atoms with Gasteiger partial charge in [0.25, 0.3) is 0 Å². The van der Waals surface area contributed by atoms with Crippen LogP contribution in [0.4, 0.5) is 0 Å². The van der Waals surface area contributed by atoms with Crippen LogP contribution in [0.5, 0.6) is 0 Å². The maximum Gasteiger partial charge on any atom is 0.0813 e. The quantitative estimate of drug-likeness (QED) is 0.706. The highest BCUT2D eigenvalue weighted by molar-refractivity contribution is 9.10. The highest BCUT2D eigenvalue weighted by Gasteiger charge is 2.12. The van der Waals surface area contributed by atoms with Gasteiger partial charge in [-0.3, -0.25) is 0 Å². The second-order valence-electron chi connectivity index (χ2n) is 4.46. The number of halogens is 1. The molecule has 0 aromatic heterocycles. The van der Waals surface area contributed by atoms with E-state index in [2.05, 4.69) is 27.8 Å². The summed E-state index contributed by atoms with van der Waals surface area (Å²) in [7, 11) is 0. The summed E-state index contributed by atoms with van der Waals surface area (Å²) in [6.07, 6.45) is 0.319. The van der Waals surface area contributed by atoms with E-state index in [1.54, 1.807) is 0 Å². The van der Waals surface area contributed by atoms with Crippen LogP contribution in [0.1, 0.15) is 31.9 Å². The van der Waals surface area contributed by atoms with Gasteiger partial charge in [-0.25, -0.2) is 0 Å². The first-order chi connectivity index (χ1) is 9.19. The summed E-state index contributed by atoms with van der Waals surface area (Å²) in [6, 6.07) is 7.84. The Morgan fingerprint density at radius 2 is 2.00 bits per heavy atom. The van der Waals surface area contributed by atoms with E-state index < -0.39 is 6.10 Å². The summed E-state index contributed by atoms with van der Waals surface area (Å²) in [6.45, 7) is 8.45.